The lowest BCUT2D eigenvalue weighted by Gasteiger charge is -1.99. The second-order valence-corrected chi connectivity index (χ2v) is 3.75. The molecule has 1 aromatic rings. The van der Waals surface area contributed by atoms with Crippen molar-refractivity contribution >= 4 is 23.4 Å². The van der Waals surface area contributed by atoms with Gasteiger partial charge in [-0.3, -0.25) is 4.79 Å². The second kappa shape index (κ2) is 2.52. The van der Waals surface area contributed by atoms with Crippen molar-refractivity contribution in [3.05, 3.63) is 5.69 Å². The van der Waals surface area contributed by atoms with E-state index in [4.69, 9.17) is 5.73 Å². The number of fused-ring (bicyclic) bond motifs is 1. The van der Waals surface area contributed by atoms with E-state index in [0.29, 0.717) is 11.5 Å². The van der Waals surface area contributed by atoms with Gasteiger partial charge in [0.15, 0.2) is 16.8 Å². The number of Topliss-reactive ketones (excluding diaryl/α,β-unsaturated/α-hetero) is 1. The Kier molecular flexibility index (Phi) is 1.61. The van der Waals surface area contributed by atoms with Gasteiger partial charge in [-0.1, -0.05) is 11.8 Å². The number of thioether (sulfide) groups is 1. The molecule has 64 valence electrons. The maximum absolute atomic E-state index is 11.1. The van der Waals surface area contributed by atoms with Gasteiger partial charge in [-0.25, -0.2) is 4.98 Å². The molecule has 0 unspecified atom stereocenters. The van der Waals surface area contributed by atoms with Crippen LogP contribution in [0.5, 0.6) is 0 Å². The van der Waals surface area contributed by atoms with Gasteiger partial charge in [0.25, 0.3) is 0 Å². The maximum atomic E-state index is 11.1. The van der Waals surface area contributed by atoms with Gasteiger partial charge < -0.3 is 10.3 Å². The summed E-state index contributed by atoms with van der Waals surface area (Å²) in [6, 6.07) is 0. The summed E-state index contributed by atoms with van der Waals surface area (Å²) < 4.78 is 1.89. The summed E-state index contributed by atoms with van der Waals surface area (Å²) in [6.07, 6.45) is 0. The molecule has 0 fully saturated rings. The van der Waals surface area contributed by atoms with Crippen LogP contribution in [0.4, 0.5) is 5.82 Å². The monoisotopic (exact) mass is 183 g/mol. The molecule has 0 radical (unpaired) electrons. The van der Waals surface area contributed by atoms with Gasteiger partial charge in [0.1, 0.15) is 5.69 Å². The van der Waals surface area contributed by atoms with Gasteiger partial charge >= 0.3 is 0 Å². The van der Waals surface area contributed by atoms with E-state index in [1.807, 2.05) is 4.57 Å². The first-order valence-corrected chi connectivity index (χ1v) is 4.68. The highest BCUT2D eigenvalue weighted by Crippen LogP contribution is 2.29. The first kappa shape index (κ1) is 7.67. The third-order valence-corrected chi connectivity index (χ3v) is 2.80. The van der Waals surface area contributed by atoms with Crippen LogP contribution in [0, 0.1) is 0 Å². The smallest absolute Gasteiger partial charge is 0.180 e. The number of ketones is 1. The van der Waals surface area contributed by atoms with Crippen LogP contribution in [0.2, 0.25) is 0 Å². The molecule has 0 aliphatic carbocycles. The highest BCUT2D eigenvalue weighted by atomic mass is 32.2. The fourth-order valence-electron chi connectivity index (χ4n) is 1.37. The Morgan fingerprint density at radius 2 is 2.50 bits per heavy atom. The minimum atomic E-state index is -0.00579. The standard InChI is InChI=1S/C7H9N3OS/c1-4(11)5-6(8)9-7-10(5)2-3-12-7/h2-3,8H2,1H3. The van der Waals surface area contributed by atoms with E-state index in [2.05, 4.69) is 4.98 Å². The van der Waals surface area contributed by atoms with Crippen molar-refractivity contribution in [1.29, 1.82) is 0 Å². The Morgan fingerprint density at radius 1 is 1.75 bits per heavy atom. The third kappa shape index (κ3) is 0.929. The van der Waals surface area contributed by atoms with Crippen LogP contribution in [0.3, 0.4) is 0 Å². The number of nitrogens with two attached hydrogens (primary N) is 1. The molecule has 5 heteroatoms. The molecule has 1 aromatic heterocycles. The number of nitrogen functional groups attached to an aromatic ring is 1. The van der Waals surface area contributed by atoms with Crippen LogP contribution in [0.15, 0.2) is 5.16 Å². The molecule has 2 N–H and O–H groups in total. The van der Waals surface area contributed by atoms with Gasteiger partial charge in [-0.15, -0.1) is 0 Å². The van der Waals surface area contributed by atoms with E-state index in [-0.39, 0.29) is 5.78 Å². The van der Waals surface area contributed by atoms with E-state index < -0.39 is 0 Å². The van der Waals surface area contributed by atoms with Crippen molar-refractivity contribution in [3.63, 3.8) is 0 Å². The number of nitrogens with zero attached hydrogens (tertiary/aromatic N) is 2. The average molecular weight is 183 g/mol. The Labute approximate surface area is 74.1 Å². The molecule has 4 nitrogen and oxygen atoms in total. The van der Waals surface area contributed by atoms with Crippen LogP contribution in [0.1, 0.15) is 17.4 Å². The number of carbonyl (C=O) groups excluding carboxylic acids is 1. The van der Waals surface area contributed by atoms with Crippen LogP contribution >= 0.6 is 11.8 Å². The fourth-order valence-corrected chi connectivity index (χ4v) is 2.32. The van der Waals surface area contributed by atoms with Crippen LogP contribution in [-0.4, -0.2) is 21.1 Å². The molecule has 0 bridgehead atoms. The number of carbonyl (C=O) groups is 1. The Balaban J connectivity index is 2.59. The van der Waals surface area contributed by atoms with Crippen LogP contribution in [0.25, 0.3) is 0 Å². The number of hydrogen-bond acceptors (Lipinski definition) is 4. The first-order chi connectivity index (χ1) is 5.70. The summed E-state index contributed by atoms with van der Waals surface area (Å²) in [7, 11) is 0. The topological polar surface area (TPSA) is 60.9 Å². The summed E-state index contributed by atoms with van der Waals surface area (Å²) in [5.74, 6) is 1.35. The highest BCUT2D eigenvalue weighted by Gasteiger charge is 2.22. The molecule has 12 heavy (non-hydrogen) atoms. The van der Waals surface area contributed by atoms with E-state index in [1.165, 1.54) is 6.92 Å². The lowest BCUT2D eigenvalue weighted by Crippen LogP contribution is -2.07. The minimum Gasteiger partial charge on any atom is -0.382 e. The van der Waals surface area contributed by atoms with Crippen molar-refractivity contribution in [3.8, 4) is 0 Å². The number of hydrogen-bond donors (Lipinski definition) is 1. The summed E-state index contributed by atoms with van der Waals surface area (Å²) in [4.78, 5) is 15.2. The zero-order valence-corrected chi connectivity index (χ0v) is 7.52. The van der Waals surface area contributed by atoms with Gasteiger partial charge in [-0.05, 0) is 0 Å². The SMILES string of the molecule is CC(=O)c1c(N)nc2n1CCS2. The first-order valence-electron chi connectivity index (χ1n) is 3.70. The minimum absolute atomic E-state index is 0.00579. The summed E-state index contributed by atoms with van der Waals surface area (Å²) in [6.45, 7) is 2.36. The molecule has 1 aliphatic heterocycles. The molecule has 0 amide bonds. The third-order valence-electron chi connectivity index (χ3n) is 1.84. The summed E-state index contributed by atoms with van der Waals surface area (Å²) in [5.41, 5.74) is 6.15. The lowest BCUT2D eigenvalue weighted by atomic mass is 10.3. The molecule has 0 saturated carbocycles. The van der Waals surface area contributed by atoms with Crippen LogP contribution < -0.4 is 5.73 Å². The molecular weight excluding hydrogens is 174 g/mol. The quantitative estimate of drug-likeness (QED) is 0.653. The summed E-state index contributed by atoms with van der Waals surface area (Å²) >= 11 is 1.64. The molecule has 0 saturated heterocycles. The van der Waals surface area contributed by atoms with E-state index in [0.717, 1.165) is 17.5 Å². The Hall–Kier alpha value is -0.970. The predicted molar refractivity (Wildman–Crippen MR) is 47.4 cm³/mol. The van der Waals surface area contributed by atoms with Crippen molar-refractivity contribution in [2.24, 2.45) is 0 Å². The zero-order valence-electron chi connectivity index (χ0n) is 6.70. The van der Waals surface area contributed by atoms with E-state index in [1.54, 1.807) is 11.8 Å². The average Bonchev–Trinajstić information content (AvgIpc) is 2.44. The van der Waals surface area contributed by atoms with Crippen molar-refractivity contribution in [2.75, 3.05) is 11.5 Å². The Bertz CT molecular complexity index is 345. The lowest BCUT2D eigenvalue weighted by molar-refractivity contribution is 0.100. The fraction of sp³-hybridized carbons (Fsp3) is 0.429. The van der Waals surface area contributed by atoms with Crippen molar-refractivity contribution < 1.29 is 4.79 Å². The molecular formula is C7H9N3OS. The van der Waals surface area contributed by atoms with Crippen LogP contribution in [-0.2, 0) is 6.54 Å². The van der Waals surface area contributed by atoms with Gasteiger partial charge in [0.2, 0.25) is 0 Å². The molecule has 0 spiro atoms. The van der Waals surface area contributed by atoms with E-state index >= 15 is 0 Å². The van der Waals surface area contributed by atoms with Gasteiger partial charge in [-0.2, -0.15) is 0 Å². The number of anilines is 1. The van der Waals surface area contributed by atoms with Crippen molar-refractivity contribution in [2.45, 2.75) is 18.6 Å². The molecule has 0 aromatic carbocycles. The molecule has 0 atom stereocenters. The molecule has 1 aliphatic rings. The predicted octanol–water partition coefficient (Wildman–Crippen LogP) is 0.774. The molecule has 2 heterocycles. The zero-order chi connectivity index (χ0) is 8.72. The maximum Gasteiger partial charge on any atom is 0.180 e. The number of imidazole rings is 1. The number of rotatable bonds is 1. The van der Waals surface area contributed by atoms with Gasteiger partial charge in [0.05, 0.1) is 0 Å². The number of aromatic nitrogens is 2. The largest absolute Gasteiger partial charge is 0.382 e. The highest BCUT2D eigenvalue weighted by molar-refractivity contribution is 7.99. The normalized spacial score (nSPS) is 14.8. The van der Waals surface area contributed by atoms with E-state index in [9.17, 15) is 4.79 Å². The van der Waals surface area contributed by atoms with Gasteiger partial charge in [0, 0.05) is 19.2 Å². The second-order valence-electron chi connectivity index (χ2n) is 2.68. The molecule has 2 rings (SSSR count). The summed E-state index contributed by atoms with van der Waals surface area (Å²) in [5, 5.41) is 0.873. The Morgan fingerprint density at radius 3 is 3.17 bits per heavy atom. The van der Waals surface area contributed by atoms with Crippen molar-refractivity contribution in [1.82, 2.24) is 9.55 Å².